The quantitative estimate of drug-likeness (QED) is 0.781. The predicted octanol–water partition coefficient (Wildman–Crippen LogP) is 3.86. The lowest BCUT2D eigenvalue weighted by Crippen LogP contribution is -2.21. The van der Waals surface area contributed by atoms with Crippen LogP contribution in [0.4, 0.5) is 5.95 Å². The van der Waals surface area contributed by atoms with Crippen molar-refractivity contribution in [2.75, 3.05) is 5.73 Å². The van der Waals surface area contributed by atoms with E-state index in [9.17, 15) is 4.79 Å². The van der Waals surface area contributed by atoms with E-state index in [0.717, 1.165) is 18.5 Å². The second-order valence-corrected chi connectivity index (χ2v) is 7.06. The van der Waals surface area contributed by atoms with Crippen molar-refractivity contribution in [2.45, 2.75) is 31.6 Å². The normalized spacial score (nSPS) is 18.7. The zero-order valence-electron chi connectivity index (χ0n) is 15.1. The second kappa shape index (κ2) is 6.45. The minimum atomic E-state index is -0.0932. The van der Waals surface area contributed by atoms with E-state index >= 15 is 0 Å². The number of nitrogens with zero attached hydrogens (tertiary/aromatic N) is 2. The molecule has 2 atom stereocenters. The van der Waals surface area contributed by atoms with Crippen molar-refractivity contribution in [3.05, 3.63) is 81.8 Å². The van der Waals surface area contributed by atoms with Gasteiger partial charge in [0.1, 0.15) is 0 Å². The van der Waals surface area contributed by atoms with Crippen molar-refractivity contribution in [1.82, 2.24) is 9.55 Å². The van der Waals surface area contributed by atoms with Gasteiger partial charge in [-0.3, -0.25) is 9.36 Å². The van der Waals surface area contributed by atoms with Crippen LogP contribution in [0.2, 0.25) is 0 Å². The fourth-order valence-corrected chi connectivity index (χ4v) is 3.55. The molecule has 4 nitrogen and oxygen atoms in total. The number of aryl methyl sites for hydroxylation is 1. The summed E-state index contributed by atoms with van der Waals surface area (Å²) in [6.07, 6.45) is 2.06. The molecule has 2 aromatic carbocycles. The lowest BCUT2D eigenvalue weighted by molar-refractivity contribution is 0.813. The molecule has 1 aromatic heterocycles. The van der Waals surface area contributed by atoms with Gasteiger partial charge < -0.3 is 5.73 Å². The molecule has 2 N–H and O–H groups in total. The van der Waals surface area contributed by atoms with Crippen molar-refractivity contribution in [3.63, 3.8) is 0 Å². The zero-order valence-corrected chi connectivity index (χ0v) is 15.1. The Kier molecular flexibility index (Phi) is 4.11. The van der Waals surface area contributed by atoms with E-state index in [4.69, 9.17) is 5.73 Å². The number of hydrogen-bond acceptors (Lipinski definition) is 3. The monoisotopic (exact) mass is 345 g/mol. The zero-order chi connectivity index (χ0) is 18.3. The topological polar surface area (TPSA) is 60.9 Å². The van der Waals surface area contributed by atoms with E-state index in [1.165, 1.54) is 26.8 Å². The molecule has 0 radical (unpaired) electrons. The Balaban J connectivity index is 1.54. The van der Waals surface area contributed by atoms with E-state index in [0.29, 0.717) is 11.8 Å². The Hall–Kier alpha value is -2.88. The smallest absolute Gasteiger partial charge is 0.254 e. The Bertz CT molecular complexity index is 1000. The summed E-state index contributed by atoms with van der Waals surface area (Å²) < 4.78 is 1.38. The molecule has 0 spiro atoms. The van der Waals surface area contributed by atoms with Gasteiger partial charge in [-0.2, -0.15) is 0 Å². The van der Waals surface area contributed by atoms with Crippen molar-refractivity contribution in [2.24, 2.45) is 7.05 Å². The molecule has 0 aliphatic heterocycles. The molecule has 4 rings (SSSR count). The lowest BCUT2D eigenvalue weighted by Gasteiger charge is -2.07. The maximum Gasteiger partial charge on any atom is 0.254 e. The Morgan fingerprint density at radius 3 is 2.54 bits per heavy atom. The predicted molar refractivity (Wildman–Crippen MR) is 105 cm³/mol. The van der Waals surface area contributed by atoms with Crippen LogP contribution < -0.4 is 11.3 Å². The van der Waals surface area contributed by atoms with Crippen LogP contribution in [0.15, 0.2) is 59.4 Å². The van der Waals surface area contributed by atoms with Gasteiger partial charge in [0.05, 0.1) is 5.69 Å². The number of nitrogen functional groups attached to an aromatic ring is 1. The van der Waals surface area contributed by atoms with Crippen molar-refractivity contribution in [1.29, 1.82) is 0 Å². The molecule has 1 aliphatic rings. The van der Waals surface area contributed by atoms with Gasteiger partial charge in [0.25, 0.3) is 5.56 Å². The molecule has 26 heavy (non-hydrogen) atoms. The first-order valence-corrected chi connectivity index (χ1v) is 9.09. The largest absolute Gasteiger partial charge is 0.369 e. The van der Waals surface area contributed by atoms with E-state index < -0.39 is 0 Å². The summed E-state index contributed by atoms with van der Waals surface area (Å²) in [7, 11) is 1.64. The Morgan fingerprint density at radius 2 is 1.85 bits per heavy atom. The van der Waals surface area contributed by atoms with E-state index in [1.807, 2.05) is 0 Å². The highest BCUT2D eigenvalue weighted by molar-refractivity contribution is 5.64. The summed E-state index contributed by atoms with van der Waals surface area (Å²) >= 11 is 0. The highest BCUT2D eigenvalue weighted by atomic mass is 16.1. The minimum Gasteiger partial charge on any atom is -0.369 e. The number of anilines is 1. The number of hydrogen-bond donors (Lipinski definition) is 1. The first kappa shape index (κ1) is 16.6. The SMILES string of the molecule is CCc1cccc(-c2ccc([C@@H]3C[C@@H]3c3cc(=O)n(C)c(N)n3)cc2)c1. The van der Waals surface area contributed by atoms with E-state index in [2.05, 4.69) is 60.4 Å². The average Bonchev–Trinajstić information content (AvgIpc) is 3.47. The van der Waals surface area contributed by atoms with E-state index in [1.54, 1.807) is 13.1 Å². The molecule has 1 saturated carbocycles. The molecule has 0 bridgehead atoms. The fraction of sp³-hybridized carbons (Fsp3) is 0.273. The van der Waals surface area contributed by atoms with Crippen LogP contribution in [-0.4, -0.2) is 9.55 Å². The maximum absolute atomic E-state index is 11.9. The molecule has 0 amide bonds. The van der Waals surface area contributed by atoms with Crippen molar-refractivity contribution in [3.8, 4) is 11.1 Å². The van der Waals surface area contributed by atoms with Gasteiger partial charge in [-0.15, -0.1) is 0 Å². The number of benzene rings is 2. The molecule has 132 valence electrons. The third kappa shape index (κ3) is 3.03. The summed E-state index contributed by atoms with van der Waals surface area (Å²) in [5.74, 6) is 0.995. The fourth-order valence-electron chi connectivity index (χ4n) is 3.55. The molecule has 0 saturated heterocycles. The minimum absolute atomic E-state index is 0.0932. The Morgan fingerprint density at radius 1 is 1.08 bits per heavy atom. The third-order valence-corrected chi connectivity index (χ3v) is 5.37. The molecule has 1 heterocycles. The van der Waals surface area contributed by atoms with Crippen molar-refractivity contribution >= 4 is 5.95 Å². The van der Waals surface area contributed by atoms with Crippen LogP contribution in [0, 0.1) is 0 Å². The summed E-state index contributed by atoms with van der Waals surface area (Å²) in [6, 6.07) is 19.1. The summed E-state index contributed by atoms with van der Waals surface area (Å²) in [6.45, 7) is 2.17. The Labute approximate surface area is 153 Å². The third-order valence-electron chi connectivity index (χ3n) is 5.37. The van der Waals surface area contributed by atoms with Gasteiger partial charge in [0, 0.05) is 19.0 Å². The van der Waals surface area contributed by atoms with Gasteiger partial charge in [0.2, 0.25) is 5.95 Å². The molecule has 0 unspecified atom stereocenters. The molecule has 3 aromatic rings. The van der Waals surface area contributed by atoms with Gasteiger partial charge in [-0.05, 0) is 41.0 Å². The maximum atomic E-state index is 11.9. The highest BCUT2D eigenvalue weighted by Crippen LogP contribution is 2.54. The van der Waals surface area contributed by atoms with Crippen LogP contribution in [0.5, 0.6) is 0 Å². The summed E-state index contributed by atoms with van der Waals surface area (Å²) in [5.41, 5.74) is 11.7. The molecule has 4 heteroatoms. The molecule has 1 fully saturated rings. The summed E-state index contributed by atoms with van der Waals surface area (Å²) in [5, 5.41) is 0. The average molecular weight is 345 g/mol. The second-order valence-electron chi connectivity index (χ2n) is 7.06. The first-order chi connectivity index (χ1) is 12.6. The highest BCUT2D eigenvalue weighted by Gasteiger charge is 2.41. The first-order valence-electron chi connectivity index (χ1n) is 9.09. The molecule has 1 aliphatic carbocycles. The van der Waals surface area contributed by atoms with Gasteiger partial charge >= 0.3 is 0 Å². The number of nitrogens with two attached hydrogens (primary N) is 1. The summed E-state index contributed by atoms with van der Waals surface area (Å²) in [4.78, 5) is 16.3. The van der Waals surface area contributed by atoms with Gasteiger partial charge in [0.15, 0.2) is 0 Å². The van der Waals surface area contributed by atoms with Crippen LogP contribution >= 0.6 is 0 Å². The number of aromatic nitrogens is 2. The molecular weight excluding hydrogens is 322 g/mol. The van der Waals surface area contributed by atoms with E-state index in [-0.39, 0.29) is 11.5 Å². The van der Waals surface area contributed by atoms with Crippen LogP contribution in [0.25, 0.3) is 11.1 Å². The number of rotatable bonds is 4. The van der Waals surface area contributed by atoms with Crippen LogP contribution in [0.3, 0.4) is 0 Å². The lowest BCUT2D eigenvalue weighted by atomic mass is 9.99. The standard InChI is InChI=1S/C22H23N3O/c1-3-14-5-4-6-17(11-14)15-7-9-16(10-8-15)18-12-19(18)20-13-21(26)25(2)22(23)24-20/h4-11,13,18-19H,3,12H2,1-2H3,(H2,23,24)/t18-,19-/m0/s1. The van der Waals surface area contributed by atoms with Crippen LogP contribution in [-0.2, 0) is 13.5 Å². The molecular formula is C22H23N3O. The van der Waals surface area contributed by atoms with Gasteiger partial charge in [-0.25, -0.2) is 4.98 Å². The van der Waals surface area contributed by atoms with Crippen molar-refractivity contribution < 1.29 is 0 Å². The van der Waals surface area contributed by atoms with Gasteiger partial charge in [-0.1, -0.05) is 55.5 Å². The van der Waals surface area contributed by atoms with Crippen LogP contribution in [0.1, 0.15) is 42.0 Å².